The largest absolute Gasteiger partial charge is 0.325 e. The SMILES string of the molecule is NCC(=O)Nc1ccc(Cc2ccncc2)cc1. The molecular formula is C14H15N3O. The van der Waals surface area contributed by atoms with Gasteiger partial charge in [0.15, 0.2) is 0 Å². The Balaban J connectivity index is 2.02. The van der Waals surface area contributed by atoms with Crippen LogP contribution in [0.2, 0.25) is 0 Å². The van der Waals surface area contributed by atoms with Crippen LogP contribution in [-0.2, 0) is 11.2 Å². The van der Waals surface area contributed by atoms with Crippen molar-refractivity contribution in [2.24, 2.45) is 5.73 Å². The molecule has 0 aliphatic heterocycles. The highest BCUT2D eigenvalue weighted by Gasteiger charge is 2.00. The number of nitrogens with zero attached hydrogens (tertiary/aromatic N) is 1. The number of carbonyl (C=O) groups is 1. The van der Waals surface area contributed by atoms with Gasteiger partial charge in [0.25, 0.3) is 0 Å². The summed E-state index contributed by atoms with van der Waals surface area (Å²) in [6, 6.07) is 11.7. The number of benzene rings is 1. The Morgan fingerprint density at radius 3 is 2.28 bits per heavy atom. The van der Waals surface area contributed by atoms with Gasteiger partial charge in [-0.25, -0.2) is 0 Å². The molecule has 0 fully saturated rings. The van der Waals surface area contributed by atoms with E-state index in [9.17, 15) is 4.79 Å². The van der Waals surface area contributed by atoms with Gasteiger partial charge in [-0.15, -0.1) is 0 Å². The highest BCUT2D eigenvalue weighted by Crippen LogP contribution is 2.13. The number of nitrogens with two attached hydrogens (primary N) is 1. The first-order valence-corrected chi connectivity index (χ1v) is 5.75. The van der Waals surface area contributed by atoms with E-state index in [1.54, 1.807) is 12.4 Å². The van der Waals surface area contributed by atoms with E-state index in [1.165, 1.54) is 11.1 Å². The van der Waals surface area contributed by atoms with Gasteiger partial charge in [-0.05, 0) is 41.8 Å². The third kappa shape index (κ3) is 3.40. The summed E-state index contributed by atoms with van der Waals surface area (Å²) in [7, 11) is 0. The molecule has 0 saturated carbocycles. The first-order chi connectivity index (χ1) is 8.78. The molecule has 0 aliphatic carbocycles. The fourth-order valence-corrected chi connectivity index (χ4v) is 1.65. The Morgan fingerprint density at radius 2 is 1.67 bits per heavy atom. The van der Waals surface area contributed by atoms with Gasteiger partial charge in [0.1, 0.15) is 0 Å². The van der Waals surface area contributed by atoms with E-state index in [0.29, 0.717) is 0 Å². The van der Waals surface area contributed by atoms with Crippen LogP contribution in [0.25, 0.3) is 0 Å². The van der Waals surface area contributed by atoms with Gasteiger partial charge in [-0.3, -0.25) is 9.78 Å². The lowest BCUT2D eigenvalue weighted by Gasteiger charge is -2.05. The summed E-state index contributed by atoms with van der Waals surface area (Å²) in [6.45, 7) is -0.00122. The van der Waals surface area contributed by atoms with E-state index in [-0.39, 0.29) is 12.5 Å². The summed E-state index contributed by atoms with van der Waals surface area (Å²) in [4.78, 5) is 15.1. The minimum Gasteiger partial charge on any atom is -0.325 e. The van der Waals surface area contributed by atoms with Crippen LogP contribution in [0.15, 0.2) is 48.8 Å². The summed E-state index contributed by atoms with van der Waals surface area (Å²) < 4.78 is 0. The molecule has 2 rings (SSSR count). The molecule has 0 atom stereocenters. The van der Waals surface area contributed by atoms with Crippen LogP contribution >= 0.6 is 0 Å². The number of rotatable bonds is 4. The number of pyridine rings is 1. The monoisotopic (exact) mass is 241 g/mol. The van der Waals surface area contributed by atoms with E-state index < -0.39 is 0 Å². The Morgan fingerprint density at radius 1 is 1.06 bits per heavy atom. The molecule has 2 aromatic rings. The van der Waals surface area contributed by atoms with Crippen molar-refractivity contribution in [2.75, 3.05) is 11.9 Å². The molecule has 0 aliphatic rings. The molecule has 0 unspecified atom stereocenters. The van der Waals surface area contributed by atoms with E-state index >= 15 is 0 Å². The molecule has 1 amide bonds. The summed E-state index contributed by atoms with van der Waals surface area (Å²) in [5, 5.41) is 2.71. The molecular weight excluding hydrogens is 226 g/mol. The van der Waals surface area contributed by atoms with Crippen LogP contribution in [0.4, 0.5) is 5.69 Å². The molecule has 3 N–H and O–H groups in total. The van der Waals surface area contributed by atoms with Crippen LogP contribution < -0.4 is 11.1 Å². The third-order valence-corrected chi connectivity index (χ3v) is 2.58. The van der Waals surface area contributed by atoms with Gasteiger partial charge in [-0.1, -0.05) is 12.1 Å². The molecule has 0 saturated heterocycles. The maximum Gasteiger partial charge on any atom is 0.238 e. The van der Waals surface area contributed by atoms with Crippen molar-refractivity contribution in [3.05, 3.63) is 59.9 Å². The van der Waals surface area contributed by atoms with Gasteiger partial charge < -0.3 is 11.1 Å². The second-order valence-electron chi connectivity index (χ2n) is 3.98. The Bertz CT molecular complexity index is 508. The molecule has 0 spiro atoms. The molecule has 4 nitrogen and oxygen atoms in total. The van der Waals surface area contributed by atoms with Gasteiger partial charge in [-0.2, -0.15) is 0 Å². The van der Waals surface area contributed by atoms with Crippen molar-refractivity contribution in [2.45, 2.75) is 6.42 Å². The zero-order valence-corrected chi connectivity index (χ0v) is 9.97. The lowest BCUT2D eigenvalue weighted by molar-refractivity contribution is -0.114. The summed E-state index contributed by atoms with van der Waals surface area (Å²) >= 11 is 0. The van der Waals surface area contributed by atoms with Crippen molar-refractivity contribution in [1.29, 1.82) is 0 Å². The number of hydrogen-bond donors (Lipinski definition) is 2. The molecule has 0 radical (unpaired) electrons. The minimum atomic E-state index is -0.183. The lowest BCUT2D eigenvalue weighted by atomic mass is 10.1. The van der Waals surface area contributed by atoms with Gasteiger partial charge in [0.05, 0.1) is 6.54 Å². The number of aromatic nitrogens is 1. The van der Waals surface area contributed by atoms with Crippen LogP contribution in [0.1, 0.15) is 11.1 Å². The second-order valence-corrected chi connectivity index (χ2v) is 3.98. The van der Waals surface area contributed by atoms with E-state index in [0.717, 1.165) is 12.1 Å². The Kier molecular flexibility index (Phi) is 4.04. The van der Waals surface area contributed by atoms with Crippen molar-refractivity contribution in [3.8, 4) is 0 Å². The Hall–Kier alpha value is -2.20. The van der Waals surface area contributed by atoms with Crippen LogP contribution in [-0.4, -0.2) is 17.4 Å². The first-order valence-electron chi connectivity index (χ1n) is 5.75. The maximum atomic E-state index is 11.1. The maximum absolute atomic E-state index is 11.1. The topological polar surface area (TPSA) is 68.0 Å². The molecule has 18 heavy (non-hydrogen) atoms. The number of amides is 1. The van der Waals surface area contributed by atoms with Crippen molar-refractivity contribution in [1.82, 2.24) is 4.98 Å². The molecule has 1 heterocycles. The zero-order chi connectivity index (χ0) is 12.8. The molecule has 4 heteroatoms. The quantitative estimate of drug-likeness (QED) is 0.853. The normalized spacial score (nSPS) is 10.1. The highest BCUT2D eigenvalue weighted by molar-refractivity contribution is 5.92. The first kappa shape index (κ1) is 12.3. The third-order valence-electron chi connectivity index (χ3n) is 2.58. The van der Waals surface area contributed by atoms with E-state index in [1.807, 2.05) is 36.4 Å². The lowest BCUT2D eigenvalue weighted by Crippen LogP contribution is -2.21. The number of nitrogens with one attached hydrogen (secondary N) is 1. The van der Waals surface area contributed by atoms with Crippen molar-refractivity contribution in [3.63, 3.8) is 0 Å². The van der Waals surface area contributed by atoms with Crippen LogP contribution in [0.5, 0.6) is 0 Å². The van der Waals surface area contributed by atoms with E-state index in [2.05, 4.69) is 10.3 Å². The number of hydrogen-bond acceptors (Lipinski definition) is 3. The summed E-state index contributed by atoms with van der Waals surface area (Å²) in [6.07, 6.45) is 4.42. The molecule has 1 aromatic heterocycles. The summed E-state index contributed by atoms with van der Waals surface area (Å²) in [5.74, 6) is -0.183. The zero-order valence-electron chi connectivity index (χ0n) is 9.97. The smallest absolute Gasteiger partial charge is 0.238 e. The standard InChI is InChI=1S/C14H15N3O/c15-10-14(18)17-13-3-1-11(2-4-13)9-12-5-7-16-8-6-12/h1-8H,9-10,15H2,(H,17,18). The van der Waals surface area contributed by atoms with Crippen LogP contribution in [0, 0.1) is 0 Å². The number of anilines is 1. The summed E-state index contributed by atoms with van der Waals surface area (Å²) in [5.41, 5.74) is 8.40. The van der Waals surface area contributed by atoms with Crippen molar-refractivity contribution < 1.29 is 4.79 Å². The minimum absolute atomic E-state index is 0.00122. The van der Waals surface area contributed by atoms with Gasteiger partial charge >= 0.3 is 0 Å². The van der Waals surface area contributed by atoms with Crippen LogP contribution in [0.3, 0.4) is 0 Å². The second kappa shape index (κ2) is 5.93. The van der Waals surface area contributed by atoms with Crippen molar-refractivity contribution >= 4 is 11.6 Å². The molecule has 1 aromatic carbocycles. The fourth-order valence-electron chi connectivity index (χ4n) is 1.65. The average Bonchev–Trinajstić information content (AvgIpc) is 2.42. The average molecular weight is 241 g/mol. The number of carbonyl (C=O) groups excluding carboxylic acids is 1. The van der Waals surface area contributed by atoms with Gasteiger partial charge in [0, 0.05) is 18.1 Å². The fraction of sp³-hybridized carbons (Fsp3) is 0.143. The van der Waals surface area contributed by atoms with E-state index in [4.69, 9.17) is 5.73 Å². The molecule has 92 valence electrons. The predicted octanol–water partition coefficient (Wildman–Crippen LogP) is 1.57. The van der Waals surface area contributed by atoms with Gasteiger partial charge in [0.2, 0.25) is 5.91 Å². The molecule has 0 bridgehead atoms. The Labute approximate surface area is 106 Å². The highest BCUT2D eigenvalue weighted by atomic mass is 16.1. The predicted molar refractivity (Wildman–Crippen MR) is 71.2 cm³/mol.